The Morgan fingerprint density at radius 3 is 2.26 bits per heavy atom. The number of thioether (sulfide) groups is 1. The van der Waals surface area contributed by atoms with Crippen LogP contribution in [-0.2, 0) is 4.79 Å². The third-order valence-corrected chi connectivity index (χ3v) is 6.83. The van der Waals surface area contributed by atoms with Crippen molar-refractivity contribution in [1.29, 1.82) is 0 Å². The molecule has 0 spiro atoms. The second kappa shape index (κ2) is 8.51. The zero-order valence-corrected chi connectivity index (χ0v) is 16.6. The van der Waals surface area contributed by atoms with Gasteiger partial charge in [0, 0.05) is 6.04 Å². The SMILES string of the molecule is O=C1C(=Cc2ccc(O)cc2)SC(=NC2CCCCC2)N1C1CCCCC1. The molecule has 1 saturated heterocycles. The van der Waals surface area contributed by atoms with Crippen molar-refractivity contribution in [3.05, 3.63) is 34.7 Å². The van der Waals surface area contributed by atoms with Crippen LogP contribution in [0.15, 0.2) is 34.2 Å². The van der Waals surface area contributed by atoms with Gasteiger partial charge in [-0.05, 0) is 61.2 Å². The quantitative estimate of drug-likeness (QED) is 0.717. The molecule has 0 aromatic heterocycles. The summed E-state index contributed by atoms with van der Waals surface area (Å²) in [6, 6.07) is 7.67. The molecule has 4 nitrogen and oxygen atoms in total. The first-order chi connectivity index (χ1) is 13.2. The summed E-state index contributed by atoms with van der Waals surface area (Å²) < 4.78 is 0. The normalized spacial score (nSPS) is 25.6. The summed E-state index contributed by atoms with van der Waals surface area (Å²) in [7, 11) is 0. The highest BCUT2D eigenvalue weighted by atomic mass is 32.2. The van der Waals surface area contributed by atoms with Crippen LogP contribution in [0.2, 0.25) is 0 Å². The van der Waals surface area contributed by atoms with Gasteiger partial charge in [0.05, 0.1) is 10.9 Å². The van der Waals surface area contributed by atoms with Crippen molar-refractivity contribution in [2.24, 2.45) is 4.99 Å². The highest BCUT2D eigenvalue weighted by Gasteiger charge is 2.39. The summed E-state index contributed by atoms with van der Waals surface area (Å²) in [5.74, 6) is 0.348. The molecule has 1 aromatic carbocycles. The van der Waals surface area contributed by atoms with Gasteiger partial charge in [0.15, 0.2) is 5.17 Å². The number of amidine groups is 1. The Hall–Kier alpha value is -1.75. The lowest BCUT2D eigenvalue weighted by molar-refractivity contribution is -0.124. The van der Waals surface area contributed by atoms with Gasteiger partial charge in [0.25, 0.3) is 5.91 Å². The molecule has 0 unspecified atom stereocenters. The predicted octanol–water partition coefficient (Wildman–Crippen LogP) is 5.33. The fraction of sp³-hybridized carbons (Fsp3) is 0.545. The van der Waals surface area contributed by atoms with Gasteiger partial charge < -0.3 is 5.11 Å². The number of aliphatic imine (C=N–C) groups is 1. The lowest BCUT2D eigenvalue weighted by atomic mass is 9.94. The van der Waals surface area contributed by atoms with Crippen molar-refractivity contribution in [2.45, 2.75) is 76.3 Å². The molecule has 1 N–H and O–H groups in total. The van der Waals surface area contributed by atoms with Crippen LogP contribution < -0.4 is 0 Å². The Kier molecular flexibility index (Phi) is 5.86. The van der Waals surface area contributed by atoms with Crippen molar-refractivity contribution in [1.82, 2.24) is 4.90 Å². The summed E-state index contributed by atoms with van der Waals surface area (Å²) >= 11 is 1.54. The molecule has 2 saturated carbocycles. The van der Waals surface area contributed by atoms with Crippen LogP contribution in [0, 0.1) is 0 Å². The maximum Gasteiger partial charge on any atom is 0.266 e. The van der Waals surface area contributed by atoms with E-state index in [2.05, 4.69) is 0 Å². The Bertz CT molecular complexity index is 729. The van der Waals surface area contributed by atoms with Gasteiger partial charge in [-0.3, -0.25) is 14.7 Å². The number of benzene rings is 1. The van der Waals surface area contributed by atoms with Crippen molar-refractivity contribution >= 4 is 28.9 Å². The van der Waals surface area contributed by atoms with Gasteiger partial charge in [0.1, 0.15) is 5.75 Å². The Balaban J connectivity index is 1.61. The molecule has 1 aliphatic heterocycles. The highest BCUT2D eigenvalue weighted by molar-refractivity contribution is 8.18. The molecule has 1 heterocycles. The second-order valence-electron chi connectivity index (χ2n) is 7.87. The molecule has 4 rings (SSSR count). The van der Waals surface area contributed by atoms with Gasteiger partial charge in [-0.25, -0.2) is 0 Å². The zero-order chi connectivity index (χ0) is 18.6. The van der Waals surface area contributed by atoms with Crippen LogP contribution in [-0.4, -0.2) is 33.2 Å². The van der Waals surface area contributed by atoms with E-state index in [0.29, 0.717) is 12.1 Å². The smallest absolute Gasteiger partial charge is 0.266 e. The fourth-order valence-electron chi connectivity index (χ4n) is 4.33. The molecule has 144 valence electrons. The number of carbonyl (C=O) groups excluding carboxylic acids is 1. The zero-order valence-electron chi connectivity index (χ0n) is 15.8. The van der Waals surface area contributed by atoms with E-state index in [1.54, 1.807) is 12.1 Å². The maximum absolute atomic E-state index is 13.2. The van der Waals surface area contributed by atoms with Gasteiger partial charge in [-0.15, -0.1) is 0 Å². The largest absolute Gasteiger partial charge is 0.508 e. The molecule has 0 radical (unpaired) electrons. The van der Waals surface area contributed by atoms with E-state index in [1.165, 1.54) is 50.3 Å². The van der Waals surface area contributed by atoms with Crippen LogP contribution in [0.1, 0.15) is 69.8 Å². The number of hydrogen-bond acceptors (Lipinski definition) is 4. The number of aromatic hydroxyl groups is 1. The van der Waals surface area contributed by atoms with E-state index >= 15 is 0 Å². The molecule has 1 aromatic rings. The average Bonchev–Trinajstić information content (AvgIpc) is 3.00. The number of rotatable bonds is 3. The number of phenols is 1. The average molecular weight is 385 g/mol. The Morgan fingerprint density at radius 2 is 1.59 bits per heavy atom. The molecule has 5 heteroatoms. The lowest BCUT2D eigenvalue weighted by Crippen LogP contribution is -2.41. The minimum atomic E-state index is 0.106. The first-order valence-electron chi connectivity index (χ1n) is 10.3. The van der Waals surface area contributed by atoms with E-state index in [9.17, 15) is 9.90 Å². The predicted molar refractivity (Wildman–Crippen MR) is 112 cm³/mol. The van der Waals surface area contributed by atoms with Crippen LogP contribution in [0.4, 0.5) is 0 Å². The van der Waals surface area contributed by atoms with Crippen molar-refractivity contribution in [3.8, 4) is 5.75 Å². The van der Waals surface area contributed by atoms with Gasteiger partial charge >= 0.3 is 0 Å². The molecular formula is C22H28N2O2S. The monoisotopic (exact) mass is 384 g/mol. The van der Waals surface area contributed by atoms with Crippen molar-refractivity contribution in [2.75, 3.05) is 0 Å². The maximum atomic E-state index is 13.2. The lowest BCUT2D eigenvalue weighted by Gasteiger charge is -2.31. The van der Waals surface area contributed by atoms with Gasteiger partial charge in [0.2, 0.25) is 0 Å². The van der Waals surface area contributed by atoms with Crippen LogP contribution in [0.25, 0.3) is 6.08 Å². The number of nitrogens with zero attached hydrogens (tertiary/aromatic N) is 2. The standard InChI is InChI=1S/C22H28N2O2S/c25-19-13-11-16(12-14-19)15-20-21(26)24(18-9-5-2-6-10-18)22(27-20)23-17-7-3-1-4-8-17/h11-15,17-18,25H,1-10H2. The first-order valence-corrected chi connectivity index (χ1v) is 11.1. The summed E-state index contributed by atoms with van der Waals surface area (Å²) in [5, 5.41) is 10.4. The van der Waals surface area contributed by atoms with Gasteiger partial charge in [-0.1, -0.05) is 50.7 Å². The molecule has 1 amide bonds. The first kappa shape index (κ1) is 18.6. The van der Waals surface area contributed by atoms with E-state index in [4.69, 9.17) is 4.99 Å². The van der Waals surface area contributed by atoms with E-state index in [0.717, 1.165) is 41.3 Å². The molecule has 0 bridgehead atoms. The topological polar surface area (TPSA) is 52.9 Å². The van der Waals surface area contributed by atoms with Gasteiger partial charge in [-0.2, -0.15) is 0 Å². The highest BCUT2D eigenvalue weighted by Crippen LogP contribution is 2.38. The molecule has 2 aliphatic carbocycles. The van der Waals surface area contributed by atoms with Crippen LogP contribution in [0.3, 0.4) is 0 Å². The summed E-state index contributed by atoms with van der Waals surface area (Å²) in [6.45, 7) is 0. The summed E-state index contributed by atoms with van der Waals surface area (Å²) in [6.07, 6.45) is 13.9. The Labute approximate surface area is 165 Å². The van der Waals surface area contributed by atoms with Crippen molar-refractivity contribution in [3.63, 3.8) is 0 Å². The third-order valence-electron chi connectivity index (χ3n) is 5.84. The third kappa shape index (κ3) is 4.40. The minimum absolute atomic E-state index is 0.106. The second-order valence-corrected chi connectivity index (χ2v) is 8.88. The molecule has 0 atom stereocenters. The number of amides is 1. The number of hydrogen-bond donors (Lipinski definition) is 1. The molecule has 3 aliphatic rings. The molecule has 3 fully saturated rings. The minimum Gasteiger partial charge on any atom is -0.508 e. The van der Waals surface area contributed by atoms with E-state index < -0.39 is 0 Å². The molecule has 27 heavy (non-hydrogen) atoms. The number of carbonyl (C=O) groups is 1. The molecular weight excluding hydrogens is 356 g/mol. The van der Waals surface area contributed by atoms with Crippen LogP contribution >= 0.6 is 11.8 Å². The number of phenolic OH excluding ortho intramolecular Hbond substituents is 1. The fourth-order valence-corrected chi connectivity index (χ4v) is 5.44. The Morgan fingerprint density at radius 1 is 0.963 bits per heavy atom. The van der Waals surface area contributed by atoms with E-state index in [1.807, 2.05) is 23.1 Å². The van der Waals surface area contributed by atoms with Crippen LogP contribution in [0.5, 0.6) is 5.75 Å². The van der Waals surface area contributed by atoms with E-state index in [-0.39, 0.29) is 11.7 Å². The summed E-state index contributed by atoms with van der Waals surface area (Å²) in [5.41, 5.74) is 0.936. The summed E-state index contributed by atoms with van der Waals surface area (Å²) in [4.78, 5) is 21.0. The van der Waals surface area contributed by atoms with Crippen molar-refractivity contribution < 1.29 is 9.90 Å².